The number of nitrogen functional groups attached to an aromatic ring is 1. The minimum atomic E-state index is -1.06. The van der Waals surface area contributed by atoms with Gasteiger partial charge in [-0.3, -0.25) is 9.88 Å². The summed E-state index contributed by atoms with van der Waals surface area (Å²) in [5.74, 6) is 3.39. The second kappa shape index (κ2) is 12.3. The Morgan fingerprint density at radius 2 is 1.74 bits per heavy atom. The largest absolute Gasteiger partial charge is 0.383 e. The minimum absolute atomic E-state index is 0.347. The summed E-state index contributed by atoms with van der Waals surface area (Å²) in [5.41, 5.74) is 13.0. The maximum absolute atomic E-state index is 10.7. The Morgan fingerprint density at radius 3 is 2.43 bits per heavy atom. The first kappa shape index (κ1) is 30.7. The van der Waals surface area contributed by atoms with Gasteiger partial charge in [-0.2, -0.15) is 11.8 Å². The molecule has 4 heterocycles. The third-order valence-electron chi connectivity index (χ3n) is 8.85. The van der Waals surface area contributed by atoms with E-state index in [0.29, 0.717) is 11.6 Å². The number of aliphatic hydroxyl groups excluding tert-OH is 1. The topological polar surface area (TPSA) is 114 Å². The van der Waals surface area contributed by atoms with Crippen LogP contribution in [0.3, 0.4) is 0 Å². The van der Waals surface area contributed by atoms with E-state index in [-0.39, 0.29) is 5.54 Å². The quantitative estimate of drug-likeness (QED) is 0.168. The second-order valence-electron chi connectivity index (χ2n) is 13.1. The van der Waals surface area contributed by atoms with Gasteiger partial charge in [0.25, 0.3) is 0 Å². The van der Waals surface area contributed by atoms with Gasteiger partial charge >= 0.3 is 0 Å². The number of hydrogen-bond donors (Lipinski definition) is 3. The average Bonchev–Trinajstić information content (AvgIpc) is 3.41. The highest BCUT2D eigenvalue weighted by Crippen LogP contribution is 2.42. The molecule has 4 N–H and O–H groups in total. The van der Waals surface area contributed by atoms with E-state index in [4.69, 9.17) is 20.4 Å². The van der Waals surface area contributed by atoms with Gasteiger partial charge in [-0.15, -0.1) is 0 Å². The number of aromatic nitrogens is 4. The zero-order valence-corrected chi connectivity index (χ0v) is 27.4. The van der Waals surface area contributed by atoms with Gasteiger partial charge in [0, 0.05) is 53.3 Å². The molecule has 0 bridgehead atoms. The molecule has 1 aliphatic carbocycles. The standard InChI is InChI=1S/C36H41N7O2S/c1-35(2,3)45-34(44)41-36(16-6-17-36)25-10-12-26(13-11-25)43-32(28-9-5-18-38-31(28)37)40-30-15-14-29(39-33(30)43)24-7-4-8-27(23-24)42-19-21-46-22-20-42/h4-5,7-15,18,23,34,41,44H,6,16-17,19-22H2,1-3H3,(H2,37,38). The van der Waals surface area contributed by atoms with Crippen LogP contribution in [0.1, 0.15) is 45.6 Å². The van der Waals surface area contributed by atoms with Crippen molar-refractivity contribution in [2.24, 2.45) is 0 Å². The van der Waals surface area contributed by atoms with E-state index in [2.05, 4.69) is 68.3 Å². The van der Waals surface area contributed by atoms with Crippen LogP contribution in [0.5, 0.6) is 0 Å². The summed E-state index contributed by atoms with van der Waals surface area (Å²) in [6, 6.07) is 25.0. The highest BCUT2D eigenvalue weighted by molar-refractivity contribution is 7.99. The predicted octanol–water partition coefficient (Wildman–Crippen LogP) is 6.34. The van der Waals surface area contributed by atoms with Crippen LogP contribution in [0, 0.1) is 0 Å². The summed E-state index contributed by atoms with van der Waals surface area (Å²) in [7, 11) is 0. The summed E-state index contributed by atoms with van der Waals surface area (Å²) in [4.78, 5) is 17.0. The number of nitrogens with one attached hydrogen (secondary N) is 1. The van der Waals surface area contributed by atoms with Gasteiger partial charge < -0.3 is 20.5 Å². The molecule has 2 fully saturated rings. The normalized spacial score (nSPS) is 17.2. The molecule has 1 aliphatic heterocycles. The summed E-state index contributed by atoms with van der Waals surface area (Å²) < 4.78 is 7.86. The zero-order valence-electron chi connectivity index (χ0n) is 26.6. The van der Waals surface area contributed by atoms with Crippen molar-refractivity contribution in [3.05, 3.63) is 84.6 Å². The van der Waals surface area contributed by atoms with Gasteiger partial charge in [0.15, 0.2) is 11.5 Å². The lowest BCUT2D eigenvalue weighted by atomic mass is 9.72. The van der Waals surface area contributed by atoms with Crippen molar-refractivity contribution >= 4 is 34.4 Å². The monoisotopic (exact) mass is 635 g/mol. The number of ether oxygens (including phenoxy) is 1. The molecular weight excluding hydrogens is 595 g/mol. The van der Waals surface area contributed by atoms with E-state index in [1.54, 1.807) is 6.20 Å². The molecule has 10 heteroatoms. The molecule has 238 valence electrons. The molecule has 46 heavy (non-hydrogen) atoms. The SMILES string of the molecule is CC(C)(C)OC(O)NC1(c2ccc(-n3c(-c4cccnc4N)nc4ccc(-c5cccc(N6CCSCC6)c5)nc43)cc2)CCC1. The van der Waals surface area contributed by atoms with Crippen molar-refractivity contribution in [3.63, 3.8) is 0 Å². The Bertz CT molecular complexity index is 1840. The molecule has 0 radical (unpaired) electrons. The number of aliphatic hydroxyl groups is 1. The van der Waals surface area contributed by atoms with E-state index in [9.17, 15) is 5.11 Å². The number of fused-ring (bicyclic) bond motifs is 1. The lowest BCUT2D eigenvalue weighted by Gasteiger charge is -2.45. The van der Waals surface area contributed by atoms with Crippen molar-refractivity contribution in [3.8, 4) is 28.3 Å². The molecular formula is C36H41N7O2S. The molecule has 9 nitrogen and oxygen atoms in total. The number of imidazole rings is 1. The first-order valence-corrected chi connectivity index (χ1v) is 17.1. The van der Waals surface area contributed by atoms with E-state index < -0.39 is 12.0 Å². The van der Waals surface area contributed by atoms with Crippen LogP contribution >= 0.6 is 11.8 Å². The van der Waals surface area contributed by atoms with Gasteiger partial charge in [-0.1, -0.05) is 24.3 Å². The summed E-state index contributed by atoms with van der Waals surface area (Å²) in [6.45, 7) is 7.92. The van der Waals surface area contributed by atoms with Gasteiger partial charge in [0.05, 0.1) is 16.9 Å². The van der Waals surface area contributed by atoms with Crippen LogP contribution in [0.4, 0.5) is 11.5 Å². The van der Waals surface area contributed by atoms with Gasteiger partial charge in [-0.05, 0) is 94.1 Å². The number of hydrogen-bond acceptors (Lipinski definition) is 9. The van der Waals surface area contributed by atoms with Gasteiger partial charge in [-0.25, -0.2) is 15.0 Å². The maximum Gasteiger partial charge on any atom is 0.214 e. The van der Waals surface area contributed by atoms with E-state index in [1.165, 1.54) is 5.69 Å². The van der Waals surface area contributed by atoms with E-state index in [0.717, 1.165) is 83.1 Å². The number of nitrogens with two attached hydrogens (primary N) is 1. The fourth-order valence-corrected chi connectivity index (χ4v) is 7.31. The summed E-state index contributed by atoms with van der Waals surface area (Å²) >= 11 is 2.01. The van der Waals surface area contributed by atoms with Crippen LogP contribution < -0.4 is 16.0 Å². The third kappa shape index (κ3) is 6.10. The van der Waals surface area contributed by atoms with E-state index >= 15 is 0 Å². The number of rotatable bonds is 8. The molecule has 1 atom stereocenters. The van der Waals surface area contributed by atoms with Crippen LogP contribution in [0.25, 0.3) is 39.5 Å². The molecule has 7 rings (SSSR count). The molecule has 2 aromatic carbocycles. The first-order chi connectivity index (χ1) is 22.2. The van der Waals surface area contributed by atoms with Crippen LogP contribution in [0.15, 0.2) is 79.0 Å². The molecule has 1 saturated carbocycles. The lowest BCUT2D eigenvalue weighted by Crippen LogP contribution is -2.54. The molecule has 1 unspecified atom stereocenters. The van der Waals surface area contributed by atoms with Crippen LogP contribution in [-0.4, -0.2) is 61.2 Å². The molecule has 1 saturated heterocycles. The van der Waals surface area contributed by atoms with Crippen molar-refractivity contribution in [2.45, 2.75) is 57.6 Å². The van der Waals surface area contributed by atoms with Gasteiger partial charge in [0.1, 0.15) is 11.3 Å². The van der Waals surface area contributed by atoms with Crippen molar-refractivity contribution in [1.82, 2.24) is 24.8 Å². The zero-order chi connectivity index (χ0) is 31.9. The highest BCUT2D eigenvalue weighted by Gasteiger charge is 2.40. The second-order valence-corrected chi connectivity index (χ2v) is 14.3. The Morgan fingerprint density at radius 1 is 0.957 bits per heavy atom. The summed E-state index contributed by atoms with van der Waals surface area (Å²) in [5, 5.41) is 14.1. The summed E-state index contributed by atoms with van der Waals surface area (Å²) in [6.07, 6.45) is 3.55. The van der Waals surface area contributed by atoms with Crippen molar-refractivity contribution in [2.75, 3.05) is 35.2 Å². The Balaban J connectivity index is 1.29. The first-order valence-electron chi connectivity index (χ1n) is 16.0. The minimum Gasteiger partial charge on any atom is -0.383 e. The number of pyridine rings is 2. The number of thioether (sulfide) groups is 1. The fourth-order valence-electron chi connectivity index (χ4n) is 6.41. The third-order valence-corrected chi connectivity index (χ3v) is 9.79. The number of anilines is 2. The van der Waals surface area contributed by atoms with Crippen molar-refractivity contribution in [1.29, 1.82) is 0 Å². The van der Waals surface area contributed by atoms with Crippen LogP contribution in [-0.2, 0) is 10.3 Å². The van der Waals surface area contributed by atoms with Gasteiger partial charge in [0.2, 0.25) is 6.41 Å². The van der Waals surface area contributed by atoms with Crippen LogP contribution in [0.2, 0.25) is 0 Å². The Kier molecular flexibility index (Phi) is 8.23. The van der Waals surface area contributed by atoms with Crippen molar-refractivity contribution < 1.29 is 9.84 Å². The lowest BCUT2D eigenvalue weighted by molar-refractivity contribution is -0.198. The predicted molar refractivity (Wildman–Crippen MR) is 187 cm³/mol. The number of benzene rings is 2. The molecule has 2 aliphatic rings. The maximum atomic E-state index is 10.7. The highest BCUT2D eigenvalue weighted by atomic mass is 32.2. The molecule has 3 aromatic heterocycles. The van der Waals surface area contributed by atoms with E-state index in [1.807, 2.05) is 56.8 Å². The smallest absolute Gasteiger partial charge is 0.214 e. The fraction of sp³-hybridized carbons (Fsp3) is 0.361. The molecule has 0 spiro atoms. The molecule has 0 amide bonds. The average molecular weight is 636 g/mol. The Hall–Kier alpha value is -3.96. The number of nitrogens with zero attached hydrogens (tertiary/aromatic N) is 5. The molecule has 5 aromatic rings. The Labute approximate surface area is 274 Å².